The molecule has 2 N–H and O–H groups in total. The molecule has 0 atom stereocenters. The van der Waals surface area contributed by atoms with E-state index in [0.717, 1.165) is 41.1 Å². The summed E-state index contributed by atoms with van der Waals surface area (Å²) in [5.74, 6) is 0.796. The monoisotopic (exact) mass is 336 g/mol. The van der Waals surface area contributed by atoms with Gasteiger partial charge in [-0.3, -0.25) is 10.2 Å². The van der Waals surface area contributed by atoms with E-state index in [-0.39, 0.29) is 18.4 Å². The molecule has 1 aliphatic carbocycles. The molecule has 1 aromatic carbocycles. The Balaban J connectivity index is 1.90. The highest BCUT2D eigenvalue weighted by Crippen LogP contribution is 2.31. The van der Waals surface area contributed by atoms with Crippen LogP contribution >= 0.6 is 11.6 Å². The van der Waals surface area contributed by atoms with Gasteiger partial charge in [-0.05, 0) is 61.8 Å². The smallest absolute Gasteiger partial charge is 0.276 e. The number of aryl methyl sites for hydroxylation is 1. The molecule has 23 heavy (non-hydrogen) atoms. The Kier molecular flexibility index (Phi) is 6.34. The number of hydrazine groups is 1. The SMILES string of the molecule is Cc1cc(OCC(=O)NNC2=CCCCC2)c(C(C)C)cc1Cl. The molecule has 0 fully saturated rings. The van der Waals surface area contributed by atoms with Crippen molar-refractivity contribution in [2.45, 2.75) is 52.4 Å². The van der Waals surface area contributed by atoms with Crippen LogP contribution in [0.5, 0.6) is 5.75 Å². The Morgan fingerprint density at radius 2 is 2.13 bits per heavy atom. The van der Waals surface area contributed by atoms with Crippen molar-refractivity contribution in [1.82, 2.24) is 10.9 Å². The number of halogens is 1. The number of hydrogen-bond acceptors (Lipinski definition) is 3. The first-order valence-electron chi connectivity index (χ1n) is 8.14. The van der Waals surface area contributed by atoms with Crippen molar-refractivity contribution >= 4 is 17.5 Å². The zero-order valence-corrected chi connectivity index (χ0v) is 14.8. The number of amides is 1. The van der Waals surface area contributed by atoms with Crippen molar-refractivity contribution in [3.8, 4) is 5.75 Å². The molecular formula is C18H25ClN2O2. The van der Waals surface area contributed by atoms with Crippen molar-refractivity contribution in [2.24, 2.45) is 0 Å². The van der Waals surface area contributed by atoms with Gasteiger partial charge in [-0.2, -0.15) is 0 Å². The first-order valence-corrected chi connectivity index (χ1v) is 8.52. The highest BCUT2D eigenvalue weighted by Gasteiger charge is 2.13. The van der Waals surface area contributed by atoms with Crippen LogP contribution in [0.2, 0.25) is 5.02 Å². The van der Waals surface area contributed by atoms with E-state index in [9.17, 15) is 4.79 Å². The summed E-state index contributed by atoms with van der Waals surface area (Å²) in [5.41, 5.74) is 8.70. The second-order valence-electron chi connectivity index (χ2n) is 6.23. The Hall–Kier alpha value is -1.68. The lowest BCUT2D eigenvalue weighted by atomic mass is 10.0. The number of carbonyl (C=O) groups excluding carboxylic acids is 1. The van der Waals surface area contributed by atoms with Gasteiger partial charge in [0, 0.05) is 10.7 Å². The van der Waals surface area contributed by atoms with Crippen molar-refractivity contribution in [1.29, 1.82) is 0 Å². The summed E-state index contributed by atoms with van der Waals surface area (Å²) < 4.78 is 5.71. The number of nitrogens with one attached hydrogen (secondary N) is 2. The van der Waals surface area contributed by atoms with Gasteiger partial charge in [0.15, 0.2) is 6.61 Å². The predicted molar refractivity (Wildman–Crippen MR) is 93.6 cm³/mol. The lowest BCUT2D eigenvalue weighted by Crippen LogP contribution is -2.40. The zero-order valence-electron chi connectivity index (χ0n) is 14.0. The minimum Gasteiger partial charge on any atom is -0.483 e. The van der Waals surface area contributed by atoms with Crippen molar-refractivity contribution in [3.63, 3.8) is 0 Å². The second-order valence-corrected chi connectivity index (χ2v) is 6.64. The average Bonchev–Trinajstić information content (AvgIpc) is 2.54. The quantitative estimate of drug-likeness (QED) is 0.764. The lowest BCUT2D eigenvalue weighted by Gasteiger charge is -2.17. The molecule has 1 aliphatic rings. The molecule has 0 saturated carbocycles. The molecular weight excluding hydrogens is 312 g/mol. The van der Waals surface area contributed by atoms with Crippen LogP contribution in [0, 0.1) is 6.92 Å². The number of hydrogen-bond donors (Lipinski definition) is 2. The molecule has 5 heteroatoms. The molecule has 0 saturated heterocycles. The van der Waals surface area contributed by atoms with Crippen LogP contribution in [0.4, 0.5) is 0 Å². The number of rotatable bonds is 6. The van der Waals surface area contributed by atoms with Crippen LogP contribution in [0.25, 0.3) is 0 Å². The van der Waals surface area contributed by atoms with Gasteiger partial charge in [0.25, 0.3) is 5.91 Å². The Bertz CT molecular complexity index is 597. The number of allylic oxidation sites excluding steroid dienone is 2. The topological polar surface area (TPSA) is 50.4 Å². The maximum atomic E-state index is 11.9. The van der Waals surface area contributed by atoms with Crippen molar-refractivity contribution in [2.75, 3.05) is 6.61 Å². The molecule has 0 unspecified atom stereocenters. The summed E-state index contributed by atoms with van der Waals surface area (Å²) in [5, 5.41) is 0.719. The molecule has 0 radical (unpaired) electrons. The van der Waals surface area contributed by atoms with Gasteiger partial charge in [-0.1, -0.05) is 31.5 Å². The molecule has 1 amide bonds. The fourth-order valence-electron chi connectivity index (χ4n) is 2.53. The highest BCUT2D eigenvalue weighted by atomic mass is 35.5. The van der Waals surface area contributed by atoms with Crippen LogP contribution in [0.15, 0.2) is 23.9 Å². The molecule has 0 heterocycles. The summed E-state index contributed by atoms with van der Waals surface area (Å²) >= 11 is 6.18. The third-order valence-electron chi connectivity index (χ3n) is 3.93. The molecule has 0 aliphatic heterocycles. The van der Waals surface area contributed by atoms with Crippen molar-refractivity contribution < 1.29 is 9.53 Å². The van der Waals surface area contributed by atoms with Gasteiger partial charge in [0.1, 0.15) is 5.75 Å². The first-order chi connectivity index (χ1) is 11.0. The van der Waals surface area contributed by atoms with Crippen LogP contribution in [-0.2, 0) is 4.79 Å². The van der Waals surface area contributed by atoms with E-state index < -0.39 is 0 Å². The van der Waals surface area contributed by atoms with Crippen molar-refractivity contribution in [3.05, 3.63) is 40.1 Å². The van der Waals surface area contributed by atoms with E-state index >= 15 is 0 Å². The third kappa shape index (κ3) is 5.17. The maximum Gasteiger partial charge on any atom is 0.276 e. The van der Waals surface area contributed by atoms with Gasteiger partial charge in [0.05, 0.1) is 0 Å². The molecule has 2 rings (SSSR count). The Morgan fingerprint density at radius 3 is 2.78 bits per heavy atom. The highest BCUT2D eigenvalue weighted by molar-refractivity contribution is 6.31. The Morgan fingerprint density at radius 1 is 1.35 bits per heavy atom. The van der Waals surface area contributed by atoms with Gasteiger partial charge < -0.3 is 10.2 Å². The average molecular weight is 337 g/mol. The van der Waals surface area contributed by atoms with E-state index in [1.165, 1.54) is 6.42 Å². The van der Waals surface area contributed by atoms with Crippen LogP contribution in [0.1, 0.15) is 56.6 Å². The summed E-state index contributed by atoms with van der Waals surface area (Å²) in [6, 6.07) is 3.81. The standard InChI is InChI=1S/C18H25ClN2O2/c1-12(2)15-10-16(19)13(3)9-17(15)23-11-18(22)21-20-14-7-5-4-6-8-14/h7,9-10,12,20H,4-6,8,11H2,1-3H3,(H,21,22). The minimum atomic E-state index is -0.196. The number of carbonyl (C=O) groups is 1. The summed E-state index contributed by atoms with van der Waals surface area (Å²) in [6.45, 7) is 6.05. The maximum absolute atomic E-state index is 11.9. The number of ether oxygens (including phenoxy) is 1. The Labute approximate surface area is 143 Å². The summed E-state index contributed by atoms with van der Waals surface area (Å²) in [7, 11) is 0. The third-order valence-corrected chi connectivity index (χ3v) is 4.33. The zero-order chi connectivity index (χ0) is 16.8. The fraction of sp³-hybridized carbons (Fsp3) is 0.500. The van der Waals surface area contributed by atoms with E-state index in [2.05, 4.69) is 30.8 Å². The number of benzene rings is 1. The largest absolute Gasteiger partial charge is 0.483 e. The van der Waals surface area contributed by atoms with E-state index in [4.69, 9.17) is 16.3 Å². The van der Waals surface area contributed by atoms with E-state index in [1.807, 2.05) is 19.1 Å². The molecule has 4 nitrogen and oxygen atoms in total. The second kappa shape index (κ2) is 8.25. The normalized spacial score (nSPS) is 14.4. The van der Waals surface area contributed by atoms with Gasteiger partial charge >= 0.3 is 0 Å². The molecule has 0 aromatic heterocycles. The molecule has 0 spiro atoms. The lowest BCUT2D eigenvalue weighted by molar-refractivity contribution is -0.123. The predicted octanol–water partition coefficient (Wildman–Crippen LogP) is 4.23. The molecule has 1 aromatic rings. The first kappa shape index (κ1) is 17.7. The van der Waals surface area contributed by atoms with Gasteiger partial charge in [0.2, 0.25) is 0 Å². The van der Waals surface area contributed by atoms with Crippen LogP contribution < -0.4 is 15.6 Å². The van der Waals surface area contributed by atoms with E-state index in [1.54, 1.807) is 0 Å². The fourth-order valence-corrected chi connectivity index (χ4v) is 2.70. The molecule has 126 valence electrons. The van der Waals surface area contributed by atoms with Gasteiger partial charge in [-0.15, -0.1) is 0 Å². The van der Waals surface area contributed by atoms with Gasteiger partial charge in [-0.25, -0.2) is 0 Å². The molecule has 0 bridgehead atoms. The van der Waals surface area contributed by atoms with Crippen LogP contribution in [-0.4, -0.2) is 12.5 Å². The van der Waals surface area contributed by atoms with Crippen LogP contribution in [0.3, 0.4) is 0 Å². The van der Waals surface area contributed by atoms with E-state index in [0.29, 0.717) is 5.75 Å². The summed E-state index contributed by atoms with van der Waals surface area (Å²) in [4.78, 5) is 11.9. The minimum absolute atomic E-state index is 0.0267. The summed E-state index contributed by atoms with van der Waals surface area (Å²) in [6.07, 6.45) is 6.55.